The first-order valence-electron chi connectivity index (χ1n) is 7.84. The van der Waals surface area contributed by atoms with Crippen LogP contribution in [0.4, 0.5) is 5.13 Å². The first kappa shape index (κ1) is 16.0. The number of aryl methyl sites for hydroxylation is 1. The molecule has 2 heterocycles. The third-order valence-corrected chi connectivity index (χ3v) is 4.68. The van der Waals surface area contributed by atoms with Crippen LogP contribution in [-0.4, -0.2) is 41.6 Å². The number of nitrogen functional groups attached to an aromatic ring is 1. The fourth-order valence-corrected chi connectivity index (χ4v) is 3.37. The maximum absolute atomic E-state index is 12.4. The summed E-state index contributed by atoms with van der Waals surface area (Å²) in [6, 6.07) is 10.3. The van der Waals surface area contributed by atoms with Gasteiger partial charge in [-0.2, -0.15) is 0 Å². The number of nitrogens with zero attached hydrogens (tertiary/aromatic N) is 2. The van der Waals surface area contributed by atoms with Crippen molar-refractivity contribution >= 4 is 22.4 Å². The van der Waals surface area contributed by atoms with Gasteiger partial charge in [0.25, 0.3) is 0 Å². The first-order chi connectivity index (χ1) is 11.2. The van der Waals surface area contributed by atoms with Gasteiger partial charge in [-0.25, -0.2) is 4.98 Å². The van der Waals surface area contributed by atoms with Crippen molar-refractivity contribution in [1.29, 1.82) is 0 Å². The molecular formula is C17H21N3O2S. The van der Waals surface area contributed by atoms with Gasteiger partial charge in [0.2, 0.25) is 5.91 Å². The molecule has 1 amide bonds. The normalized spacial score (nSPS) is 18.1. The van der Waals surface area contributed by atoms with Gasteiger partial charge in [0.15, 0.2) is 5.13 Å². The van der Waals surface area contributed by atoms with Gasteiger partial charge in [0.05, 0.1) is 18.4 Å². The van der Waals surface area contributed by atoms with Crippen molar-refractivity contribution in [3.8, 4) is 0 Å². The summed E-state index contributed by atoms with van der Waals surface area (Å²) in [6.45, 7) is 1.93. The van der Waals surface area contributed by atoms with E-state index in [1.165, 1.54) is 16.9 Å². The molecule has 1 atom stereocenters. The van der Waals surface area contributed by atoms with Crippen LogP contribution >= 0.6 is 11.3 Å². The van der Waals surface area contributed by atoms with Crippen molar-refractivity contribution in [1.82, 2.24) is 9.88 Å². The van der Waals surface area contributed by atoms with E-state index >= 15 is 0 Å². The van der Waals surface area contributed by atoms with Crippen molar-refractivity contribution in [3.05, 3.63) is 47.0 Å². The van der Waals surface area contributed by atoms with Crippen LogP contribution in [0.5, 0.6) is 0 Å². The Morgan fingerprint density at radius 1 is 1.39 bits per heavy atom. The van der Waals surface area contributed by atoms with Gasteiger partial charge < -0.3 is 15.4 Å². The van der Waals surface area contributed by atoms with Gasteiger partial charge in [-0.1, -0.05) is 30.3 Å². The molecule has 6 heteroatoms. The largest absolute Gasteiger partial charge is 0.375 e. The van der Waals surface area contributed by atoms with Crippen molar-refractivity contribution in [2.24, 2.45) is 0 Å². The Labute approximate surface area is 140 Å². The Balaban J connectivity index is 1.50. The number of thiazole rings is 1. The van der Waals surface area contributed by atoms with E-state index in [-0.39, 0.29) is 12.0 Å². The van der Waals surface area contributed by atoms with Gasteiger partial charge >= 0.3 is 0 Å². The number of carbonyl (C=O) groups is 1. The van der Waals surface area contributed by atoms with E-state index in [1.54, 1.807) is 0 Å². The number of ether oxygens (including phenoxy) is 1. The Bertz CT molecular complexity index is 644. The zero-order chi connectivity index (χ0) is 16.1. The van der Waals surface area contributed by atoms with E-state index < -0.39 is 0 Å². The van der Waals surface area contributed by atoms with Gasteiger partial charge in [-0.05, 0) is 12.0 Å². The molecule has 0 bridgehead atoms. The van der Waals surface area contributed by atoms with Gasteiger partial charge in [-0.3, -0.25) is 4.79 Å². The molecule has 1 aromatic carbocycles. The molecule has 1 aliphatic heterocycles. The van der Waals surface area contributed by atoms with Gasteiger partial charge in [0.1, 0.15) is 0 Å². The fraction of sp³-hybridized carbons (Fsp3) is 0.412. The lowest BCUT2D eigenvalue weighted by Crippen LogP contribution is -2.46. The standard InChI is InChI=1S/C17H21N3O2S/c18-17-19-14(12-23-17)6-7-16(21)20-8-9-22-15(11-20)10-13-4-2-1-3-5-13/h1-5,12,15H,6-11H2,(H2,18,19). The quantitative estimate of drug-likeness (QED) is 0.911. The molecule has 2 aromatic rings. The number of hydrogen-bond acceptors (Lipinski definition) is 5. The average molecular weight is 331 g/mol. The summed E-state index contributed by atoms with van der Waals surface area (Å²) in [5, 5.41) is 2.47. The second-order valence-electron chi connectivity index (χ2n) is 5.70. The van der Waals surface area contributed by atoms with Crippen molar-refractivity contribution in [3.63, 3.8) is 0 Å². The minimum atomic E-state index is 0.0741. The number of nitrogens with two attached hydrogens (primary N) is 1. The minimum Gasteiger partial charge on any atom is -0.375 e. The number of carbonyl (C=O) groups excluding carboxylic acids is 1. The zero-order valence-corrected chi connectivity index (χ0v) is 13.8. The summed E-state index contributed by atoms with van der Waals surface area (Å²) in [5.41, 5.74) is 7.75. The number of aromatic nitrogens is 1. The average Bonchev–Trinajstić information content (AvgIpc) is 2.99. The summed E-state index contributed by atoms with van der Waals surface area (Å²) in [6.07, 6.45) is 2.03. The van der Waals surface area contributed by atoms with Gasteiger partial charge in [-0.15, -0.1) is 11.3 Å². The Morgan fingerprint density at radius 2 is 2.22 bits per heavy atom. The number of hydrogen-bond donors (Lipinski definition) is 1. The van der Waals surface area contributed by atoms with Crippen LogP contribution in [0, 0.1) is 0 Å². The first-order valence-corrected chi connectivity index (χ1v) is 8.72. The van der Waals surface area contributed by atoms with E-state index in [9.17, 15) is 4.79 Å². The molecule has 3 rings (SSSR count). The van der Waals surface area contributed by atoms with E-state index in [0.717, 1.165) is 12.1 Å². The van der Waals surface area contributed by atoms with Crippen LogP contribution in [0.3, 0.4) is 0 Å². The molecule has 0 aliphatic carbocycles. The third-order valence-electron chi connectivity index (χ3n) is 3.96. The summed E-state index contributed by atoms with van der Waals surface area (Å²) in [5.74, 6) is 0.165. The van der Waals surface area contributed by atoms with Crippen molar-refractivity contribution < 1.29 is 9.53 Å². The van der Waals surface area contributed by atoms with Gasteiger partial charge in [0, 0.05) is 31.3 Å². The molecule has 0 radical (unpaired) electrons. The highest BCUT2D eigenvalue weighted by Crippen LogP contribution is 2.15. The Hall–Kier alpha value is -1.92. The number of benzene rings is 1. The van der Waals surface area contributed by atoms with Crippen LogP contribution in [0.1, 0.15) is 17.7 Å². The molecular weight excluding hydrogens is 310 g/mol. The smallest absolute Gasteiger partial charge is 0.223 e. The molecule has 5 nitrogen and oxygen atoms in total. The molecule has 1 unspecified atom stereocenters. The van der Waals surface area contributed by atoms with E-state index in [2.05, 4.69) is 17.1 Å². The molecule has 2 N–H and O–H groups in total. The molecule has 1 fully saturated rings. The summed E-state index contributed by atoms with van der Waals surface area (Å²) in [7, 11) is 0. The predicted octanol–water partition coefficient (Wildman–Crippen LogP) is 2.13. The van der Waals surface area contributed by atoms with Crippen LogP contribution in [-0.2, 0) is 22.4 Å². The molecule has 1 aromatic heterocycles. The molecule has 23 heavy (non-hydrogen) atoms. The molecule has 122 valence electrons. The lowest BCUT2D eigenvalue weighted by atomic mass is 10.1. The minimum absolute atomic E-state index is 0.0741. The molecule has 1 saturated heterocycles. The van der Waals surface area contributed by atoms with E-state index in [1.807, 2.05) is 28.5 Å². The number of anilines is 1. The Morgan fingerprint density at radius 3 is 2.96 bits per heavy atom. The summed E-state index contributed by atoms with van der Waals surface area (Å²) >= 11 is 1.42. The Kier molecular flexibility index (Phi) is 5.25. The maximum atomic E-state index is 12.4. The lowest BCUT2D eigenvalue weighted by molar-refractivity contribution is -0.138. The van der Waals surface area contributed by atoms with E-state index in [4.69, 9.17) is 10.5 Å². The number of morpholine rings is 1. The second-order valence-corrected chi connectivity index (χ2v) is 6.59. The van der Waals surface area contributed by atoms with Crippen molar-refractivity contribution in [2.45, 2.75) is 25.4 Å². The van der Waals surface area contributed by atoms with Crippen LogP contribution < -0.4 is 5.73 Å². The predicted molar refractivity (Wildman–Crippen MR) is 91.3 cm³/mol. The van der Waals surface area contributed by atoms with E-state index in [0.29, 0.717) is 37.7 Å². The number of rotatable bonds is 5. The highest BCUT2D eigenvalue weighted by molar-refractivity contribution is 7.13. The monoisotopic (exact) mass is 331 g/mol. The third kappa shape index (κ3) is 4.53. The molecule has 0 spiro atoms. The maximum Gasteiger partial charge on any atom is 0.223 e. The molecule has 1 aliphatic rings. The lowest BCUT2D eigenvalue weighted by Gasteiger charge is -2.33. The highest BCUT2D eigenvalue weighted by atomic mass is 32.1. The SMILES string of the molecule is Nc1nc(CCC(=O)N2CCOC(Cc3ccccc3)C2)cs1. The molecule has 0 saturated carbocycles. The topological polar surface area (TPSA) is 68.5 Å². The zero-order valence-electron chi connectivity index (χ0n) is 13.0. The summed E-state index contributed by atoms with van der Waals surface area (Å²) < 4.78 is 5.81. The van der Waals surface area contributed by atoms with Crippen LogP contribution in [0.15, 0.2) is 35.7 Å². The van der Waals surface area contributed by atoms with Crippen LogP contribution in [0.2, 0.25) is 0 Å². The summed E-state index contributed by atoms with van der Waals surface area (Å²) in [4.78, 5) is 18.5. The fourth-order valence-electron chi connectivity index (χ4n) is 2.78. The highest BCUT2D eigenvalue weighted by Gasteiger charge is 2.24. The second kappa shape index (κ2) is 7.57. The number of amides is 1. The van der Waals surface area contributed by atoms with Crippen LogP contribution in [0.25, 0.3) is 0 Å². The van der Waals surface area contributed by atoms with Crippen molar-refractivity contribution in [2.75, 3.05) is 25.4 Å².